The van der Waals surface area contributed by atoms with Gasteiger partial charge >= 0.3 is 0 Å². The number of azide groups is 4. The second-order valence-corrected chi connectivity index (χ2v) is 13.2. The van der Waals surface area contributed by atoms with Crippen LogP contribution >= 0.6 is 0 Å². The molecule has 0 aromatic heterocycles. The molecule has 1 saturated carbocycles. The summed E-state index contributed by atoms with van der Waals surface area (Å²) in [6.45, 7) is 4.40. The number of hydrogen-bond donors (Lipinski definition) is 5. The summed E-state index contributed by atoms with van der Waals surface area (Å²) >= 11 is 0. The van der Waals surface area contributed by atoms with Crippen molar-refractivity contribution in [1.82, 2.24) is 0 Å². The second kappa shape index (κ2) is 23.6. The zero-order valence-corrected chi connectivity index (χ0v) is 29.9. The first-order valence-electron chi connectivity index (χ1n) is 18.0. The molecule has 23 nitrogen and oxygen atoms in total. The highest BCUT2D eigenvalue weighted by molar-refractivity contribution is 5.04. The molecule has 23 heteroatoms. The first kappa shape index (κ1) is 44.2. The van der Waals surface area contributed by atoms with Crippen LogP contribution in [0.25, 0.3) is 41.8 Å². The van der Waals surface area contributed by atoms with Crippen LogP contribution in [-0.4, -0.2) is 144 Å². The smallest absolute Gasteiger partial charge is 0.186 e. The Balaban J connectivity index is 1.90. The van der Waals surface area contributed by atoms with E-state index in [-0.39, 0.29) is 13.0 Å². The lowest BCUT2D eigenvalue weighted by Gasteiger charge is -2.48. The lowest BCUT2D eigenvalue weighted by molar-refractivity contribution is -0.333. The second-order valence-electron chi connectivity index (χ2n) is 13.2. The van der Waals surface area contributed by atoms with Gasteiger partial charge in [-0.25, -0.2) is 0 Å². The van der Waals surface area contributed by atoms with Crippen molar-refractivity contribution in [2.24, 2.45) is 20.5 Å². The average molecular weight is 757 g/mol. The molecule has 2 saturated heterocycles. The summed E-state index contributed by atoms with van der Waals surface area (Å²) in [5, 5.41) is 69.2. The van der Waals surface area contributed by atoms with E-state index in [1.807, 2.05) is 0 Å². The molecule has 3 aliphatic rings. The maximum Gasteiger partial charge on any atom is 0.186 e. The summed E-state index contributed by atoms with van der Waals surface area (Å²) in [4.78, 5) is 11.2. The van der Waals surface area contributed by atoms with Crippen LogP contribution in [0, 0.1) is 0 Å². The predicted molar refractivity (Wildman–Crippen MR) is 183 cm³/mol. The minimum absolute atomic E-state index is 0.0183. The van der Waals surface area contributed by atoms with E-state index in [9.17, 15) is 42.1 Å². The number of nitrogens with zero attached hydrogens (tertiary/aromatic N) is 12. The molecule has 0 bridgehead atoms. The summed E-state index contributed by atoms with van der Waals surface area (Å²) in [5.41, 5.74) is 36.9. The average Bonchev–Trinajstić information content (AvgIpc) is 3.14. The third-order valence-electron chi connectivity index (χ3n) is 9.45. The van der Waals surface area contributed by atoms with Gasteiger partial charge in [0.25, 0.3) is 0 Å². The highest BCUT2D eigenvalue weighted by Gasteiger charge is 2.53. The molecule has 0 aromatic carbocycles. The fourth-order valence-electron chi connectivity index (χ4n) is 6.60. The fourth-order valence-corrected chi connectivity index (χ4v) is 6.60. The zero-order chi connectivity index (χ0) is 38.8. The summed E-state index contributed by atoms with van der Waals surface area (Å²) in [5.74, 6) is 0. The van der Waals surface area contributed by atoms with E-state index in [0.717, 1.165) is 44.9 Å². The van der Waals surface area contributed by atoms with E-state index in [2.05, 4.69) is 54.0 Å². The predicted octanol–water partition coefficient (Wildman–Crippen LogP) is 3.32. The van der Waals surface area contributed by atoms with Crippen LogP contribution in [0.1, 0.15) is 71.6 Å². The summed E-state index contributed by atoms with van der Waals surface area (Å²) in [6, 6.07) is -3.72. The Morgan fingerprint density at radius 1 is 0.604 bits per heavy atom. The Kier molecular flexibility index (Phi) is 19.6. The standard InChI is InChI=1S/C30H52N12O11/c1-3-5-7-9-11-48-15-19-28(49-12-10-8-6-4-2)20(38-42-34)22(44)29(51-19)52-26-16(36-40-32)13-17(37-41-33)27(25(26)47)53-30-24(46)23(45)21(43)18(50-30)14-35-39-31/h16-30,43-47H,3-15H2,1-2H3/t16-,17+,18-,19-,20-,21-,22-,23+,24-,25-,26+,27-,28-,29-,30-/m1/s1. The quantitative estimate of drug-likeness (QED) is 0.0461. The van der Waals surface area contributed by atoms with Crippen molar-refractivity contribution < 1.29 is 54.0 Å². The minimum Gasteiger partial charge on any atom is -0.388 e. The third-order valence-corrected chi connectivity index (χ3v) is 9.45. The van der Waals surface area contributed by atoms with Gasteiger partial charge in [-0.15, -0.1) is 0 Å². The van der Waals surface area contributed by atoms with Gasteiger partial charge in [0.15, 0.2) is 12.6 Å². The first-order valence-corrected chi connectivity index (χ1v) is 18.0. The van der Waals surface area contributed by atoms with Gasteiger partial charge in [-0.1, -0.05) is 72.8 Å². The molecular weight excluding hydrogens is 704 g/mol. The van der Waals surface area contributed by atoms with Gasteiger partial charge in [-0.05, 0) is 41.4 Å². The maximum atomic E-state index is 11.7. The van der Waals surface area contributed by atoms with Crippen molar-refractivity contribution in [2.45, 2.75) is 163 Å². The van der Waals surface area contributed by atoms with Gasteiger partial charge in [-0.3, -0.25) is 0 Å². The summed E-state index contributed by atoms with van der Waals surface area (Å²) in [7, 11) is 0. The number of ether oxygens (including phenoxy) is 6. The van der Waals surface area contributed by atoms with Crippen molar-refractivity contribution in [2.75, 3.05) is 26.4 Å². The van der Waals surface area contributed by atoms with Crippen molar-refractivity contribution in [3.05, 3.63) is 41.8 Å². The van der Waals surface area contributed by atoms with Gasteiger partial charge in [0.2, 0.25) is 0 Å². The van der Waals surface area contributed by atoms with Gasteiger partial charge in [0.05, 0.1) is 55.7 Å². The topological polar surface area (TPSA) is 352 Å². The molecule has 3 rings (SSSR count). The van der Waals surface area contributed by atoms with Gasteiger partial charge in [0, 0.05) is 32.9 Å². The van der Waals surface area contributed by atoms with Crippen LogP contribution < -0.4 is 0 Å². The lowest BCUT2D eigenvalue weighted by Crippen LogP contribution is -2.65. The molecule has 0 spiro atoms. The Morgan fingerprint density at radius 2 is 1.17 bits per heavy atom. The highest BCUT2D eigenvalue weighted by Crippen LogP contribution is 2.36. The molecule has 5 N–H and O–H groups in total. The molecular formula is C30H52N12O11. The van der Waals surface area contributed by atoms with Crippen LogP contribution in [0.3, 0.4) is 0 Å². The number of rotatable bonds is 22. The van der Waals surface area contributed by atoms with Gasteiger partial charge < -0.3 is 54.0 Å². The molecule has 15 atom stereocenters. The third kappa shape index (κ3) is 12.4. The van der Waals surface area contributed by atoms with E-state index in [1.165, 1.54) is 0 Å². The number of aliphatic hydroxyl groups excluding tert-OH is 5. The highest BCUT2D eigenvalue weighted by atomic mass is 16.7. The Bertz CT molecular complexity index is 1300. The Morgan fingerprint density at radius 3 is 1.74 bits per heavy atom. The first-order chi connectivity index (χ1) is 25.7. The van der Waals surface area contributed by atoms with Crippen LogP contribution in [0.4, 0.5) is 0 Å². The lowest BCUT2D eigenvalue weighted by atomic mass is 9.84. The van der Waals surface area contributed by atoms with Crippen LogP contribution in [0.2, 0.25) is 0 Å². The van der Waals surface area contributed by atoms with Gasteiger partial charge in [0.1, 0.15) is 36.6 Å². The monoisotopic (exact) mass is 756 g/mol. The van der Waals surface area contributed by atoms with Crippen LogP contribution in [0.15, 0.2) is 20.5 Å². The van der Waals surface area contributed by atoms with Crippen LogP contribution in [-0.2, 0) is 28.4 Å². The molecule has 0 aromatic rings. The molecule has 53 heavy (non-hydrogen) atoms. The van der Waals surface area contributed by atoms with Crippen LogP contribution in [0.5, 0.6) is 0 Å². The van der Waals surface area contributed by atoms with E-state index < -0.39 is 98.3 Å². The largest absolute Gasteiger partial charge is 0.388 e. The molecule has 1 aliphatic carbocycles. The van der Waals surface area contributed by atoms with Crippen molar-refractivity contribution in [3.8, 4) is 0 Å². The van der Waals surface area contributed by atoms with E-state index >= 15 is 0 Å². The number of aliphatic hydroxyl groups is 5. The molecule has 0 unspecified atom stereocenters. The molecule has 2 heterocycles. The number of unbranched alkanes of at least 4 members (excludes halogenated alkanes) is 6. The fraction of sp³-hybridized carbons (Fsp3) is 1.00. The van der Waals surface area contributed by atoms with Crippen molar-refractivity contribution in [1.29, 1.82) is 0 Å². The number of hydrogen-bond acceptors (Lipinski definition) is 15. The molecule has 2 aliphatic heterocycles. The Labute approximate surface area is 305 Å². The maximum absolute atomic E-state index is 11.7. The van der Waals surface area contributed by atoms with E-state index in [4.69, 9.17) is 34.0 Å². The molecule has 0 radical (unpaired) electrons. The van der Waals surface area contributed by atoms with E-state index in [1.54, 1.807) is 0 Å². The van der Waals surface area contributed by atoms with E-state index in [0.29, 0.717) is 19.6 Å². The SMILES string of the molecule is CCCCCCOC[C@H]1O[C@H](O[C@@H]2[C@@H](O)[C@H](O[C@H]3O[C@H](CN=[N+]=[N-])[C@@H](O)[C@H](O)[C@H]3O)[C@@H](N=[N+]=[N-])C[C@H]2N=[N+]=[N-])[C@H](O)[C@@H](N=[N+]=[N-])[C@@H]1OCCCCCC. The molecule has 3 fully saturated rings. The molecule has 0 amide bonds. The molecule has 298 valence electrons. The Hall–Kier alpha value is -3.20. The normalized spacial score (nSPS) is 37.0. The zero-order valence-electron chi connectivity index (χ0n) is 29.9. The summed E-state index contributed by atoms with van der Waals surface area (Å²) in [6.07, 6.45) is -11.3. The van der Waals surface area contributed by atoms with Gasteiger partial charge in [-0.2, -0.15) is 0 Å². The van der Waals surface area contributed by atoms with Crippen molar-refractivity contribution in [3.63, 3.8) is 0 Å². The van der Waals surface area contributed by atoms with Crippen molar-refractivity contribution >= 4 is 0 Å². The summed E-state index contributed by atoms with van der Waals surface area (Å²) < 4.78 is 35.8. The minimum atomic E-state index is -1.88.